The van der Waals surface area contributed by atoms with Gasteiger partial charge in [-0.05, 0) is 51.0 Å². The molecule has 0 aromatic rings. The molecule has 0 spiro atoms. The summed E-state index contributed by atoms with van der Waals surface area (Å²) < 4.78 is 0. The number of rotatable bonds is 3. The zero-order valence-electron chi connectivity index (χ0n) is 11.7. The normalized spacial score (nSPS) is 35.6. The van der Waals surface area contributed by atoms with Crippen molar-refractivity contribution in [2.75, 3.05) is 6.54 Å². The Labute approximate surface area is 114 Å². The van der Waals surface area contributed by atoms with Crippen LogP contribution in [-0.4, -0.2) is 30.4 Å². The highest BCUT2D eigenvalue weighted by Gasteiger charge is 2.30. The average molecular weight is 267 g/mol. The summed E-state index contributed by atoms with van der Waals surface area (Å²) in [7, 11) is 0. The average Bonchev–Trinajstić information content (AvgIpc) is 2.39. The lowest BCUT2D eigenvalue weighted by molar-refractivity contribution is -0.126. The van der Waals surface area contributed by atoms with E-state index < -0.39 is 0 Å². The number of piperidine rings is 1. The van der Waals surface area contributed by atoms with Gasteiger partial charge in [-0.15, -0.1) is 0 Å². The summed E-state index contributed by atoms with van der Waals surface area (Å²) in [6, 6.07) is 0.154. The lowest BCUT2D eigenvalue weighted by Gasteiger charge is -2.32. The fraction of sp³-hybridized carbons (Fsp3) is 0.857. The standard InChI is InChI=1S/C14H25N3O2/c1-9-3-2-8-16-12(9)14(19)17-11-6-4-10(5-7-11)13(15)18/h9-12,16H,2-8H2,1H3,(H2,15,18)(H,17,19). The second kappa shape index (κ2) is 6.37. The fourth-order valence-electron chi connectivity index (χ4n) is 3.21. The van der Waals surface area contributed by atoms with Gasteiger partial charge < -0.3 is 16.4 Å². The third-order valence-electron chi connectivity index (χ3n) is 4.53. The number of amides is 2. The Morgan fingerprint density at radius 2 is 1.84 bits per heavy atom. The summed E-state index contributed by atoms with van der Waals surface area (Å²) in [5.74, 6) is 0.317. The molecule has 2 atom stereocenters. The Kier molecular flexibility index (Phi) is 4.80. The molecule has 108 valence electrons. The van der Waals surface area contributed by atoms with Crippen molar-refractivity contribution in [3.63, 3.8) is 0 Å². The SMILES string of the molecule is CC1CCCNC1C(=O)NC1CCC(C(N)=O)CC1. The van der Waals surface area contributed by atoms with Gasteiger partial charge in [0.1, 0.15) is 0 Å². The molecule has 5 heteroatoms. The molecular weight excluding hydrogens is 242 g/mol. The Balaban J connectivity index is 1.78. The highest BCUT2D eigenvalue weighted by molar-refractivity contribution is 5.82. The molecule has 4 N–H and O–H groups in total. The molecule has 2 amide bonds. The number of nitrogens with two attached hydrogens (primary N) is 1. The van der Waals surface area contributed by atoms with E-state index in [9.17, 15) is 9.59 Å². The van der Waals surface area contributed by atoms with Gasteiger partial charge in [-0.25, -0.2) is 0 Å². The van der Waals surface area contributed by atoms with Crippen molar-refractivity contribution in [2.24, 2.45) is 17.6 Å². The maximum Gasteiger partial charge on any atom is 0.237 e. The van der Waals surface area contributed by atoms with Gasteiger partial charge in [-0.2, -0.15) is 0 Å². The van der Waals surface area contributed by atoms with E-state index in [0.29, 0.717) is 5.92 Å². The molecule has 2 rings (SSSR count). The molecule has 1 heterocycles. The van der Waals surface area contributed by atoms with Crippen LogP contribution in [0.3, 0.4) is 0 Å². The maximum absolute atomic E-state index is 12.2. The van der Waals surface area contributed by atoms with Crippen molar-refractivity contribution in [3.05, 3.63) is 0 Å². The van der Waals surface area contributed by atoms with Gasteiger partial charge in [0.15, 0.2) is 0 Å². The Morgan fingerprint density at radius 1 is 1.16 bits per heavy atom. The highest BCUT2D eigenvalue weighted by Crippen LogP contribution is 2.24. The van der Waals surface area contributed by atoms with Gasteiger partial charge in [0.05, 0.1) is 6.04 Å². The maximum atomic E-state index is 12.2. The summed E-state index contributed by atoms with van der Waals surface area (Å²) in [5, 5.41) is 6.42. The quantitative estimate of drug-likeness (QED) is 0.697. The van der Waals surface area contributed by atoms with Crippen LogP contribution in [0, 0.1) is 11.8 Å². The van der Waals surface area contributed by atoms with E-state index in [2.05, 4.69) is 17.6 Å². The van der Waals surface area contributed by atoms with Crippen LogP contribution in [0.15, 0.2) is 0 Å². The molecule has 5 nitrogen and oxygen atoms in total. The van der Waals surface area contributed by atoms with Crippen molar-refractivity contribution < 1.29 is 9.59 Å². The minimum Gasteiger partial charge on any atom is -0.369 e. The van der Waals surface area contributed by atoms with Crippen molar-refractivity contribution in [1.82, 2.24) is 10.6 Å². The molecule has 0 aromatic carbocycles. The first-order valence-corrected chi connectivity index (χ1v) is 7.41. The topological polar surface area (TPSA) is 84.2 Å². The van der Waals surface area contributed by atoms with Crippen molar-refractivity contribution in [1.29, 1.82) is 0 Å². The molecule has 0 bridgehead atoms. The smallest absolute Gasteiger partial charge is 0.237 e. The summed E-state index contributed by atoms with van der Waals surface area (Å²) in [4.78, 5) is 23.3. The van der Waals surface area contributed by atoms with Crippen LogP contribution in [0.4, 0.5) is 0 Å². The van der Waals surface area contributed by atoms with Crippen LogP contribution in [-0.2, 0) is 9.59 Å². The van der Waals surface area contributed by atoms with Gasteiger partial charge in [-0.1, -0.05) is 6.92 Å². The van der Waals surface area contributed by atoms with Gasteiger partial charge in [0.25, 0.3) is 0 Å². The molecule has 2 aliphatic rings. The predicted octanol–water partition coefficient (Wildman–Crippen LogP) is 0.535. The summed E-state index contributed by atoms with van der Waals surface area (Å²) in [6.45, 7) is 3.05. The third kappa shape index (κ3) is 3.69. The molecule has 1 aliphatic heterocycles. The number of primary amides is 1. The third-order valence-corrected chi connectivity index (χ3v) is 4.53. The number of hydrogen-bond acceptors (Lipinski definition) is 3. The molecule has 0 radical (unpaired) electrons. The van der Waals surface area contributed by atoms with Gasteiger partial charge in [-0.3, -0.25) is 9.59 Å². The van der Waals surface area contributed by atoms with E-state index >= 15 is 0 Å². The lowest BCUT2D eigenvalue weighted by Crippen LogP contribution is -2.53. The summed E-state index contributed by atoms with van der Waals surface area (Å²) in [5.41, 5.74) is 5.31. The van der Waals surface area contributed by atoms with E-state index in [1.807, 2.05) is 0 Å². The first kappa shape index (κ1) is 14.3. The Hall–Kier alpha value is -1.10. The summed E-state index contributed by atoms with van der Waals surface area (Å²) >= 11 is 0. The van der Waals surface area contributed by atoms with Crippen LogP contribution in [0.2, 0.25) is 0 Å². The first-order valence-electron chi connectivity index (χ1n) is 7.41. The molecule has 19 heavy (non-hydrogen) atoms. The van der Waals surface area contributed by atoms with Gasteiger partial charge >= 0.3 is 0 Å². The zero-order valence-corrected chi connectivity index (χ0v) is 11.7. The van der Waals surface area contributed by atoms with E-state index in [0.717, 1.165) is 45.1 Å². The lowest BCUT2D eigenvalue weighted by atomic mass is 9.85. The second-order valence-corrected chi connectivity index (χ2v) is 6.01. The van der Waals surface area contributed by atoms with E-state index in [-0.39, 0.29) is 29.8 Å². The zero-order chi connectivity index (χ0) is 13.8. The number of nitrogens with one attached hydrogen (secondary N) is 2. The van der Waals surface area contributed by atoms with Gasteiger partial charge in [0.2, 0.25) is 11.8 Å². The van der Waals surface area contributed by atoms with Crippen LogP contribution in [0.5, 0.6) is 0 Å². The number of carbonyl (C=O) groups is 2. The second-order valence-electron chi connectivity index (χ2n) is 6.01. The molecule has 2 fully saturated rings. The van der Waals surface area contributed by atoms with Crippen molar-refractivity contribution in [2.45, 2.75) is 57.5 Å². The van der Waals surface area contributed by atoms with Crippen LogP contribution in [0.1, 0.15) is 45.4 Å². The molecule has 1 saturated carbocycles. The van der Waals surface area contributed by atoms with Crippen molar-refractivity contribution >= 4 is 11.8 Å². The highest BCUT2D eigenvalue weighted by atomic mass is 16.2. The first-order chi connectivity index (χ1) is 9.08. The molecule has 1 aliphatic carbocycles. The van der Waals surface area contributed by atoms with Crippen LogP contribution >= 0.6 is 0 Å². The van der Waals surface area contributed by atoms with Crippen LogP contribution < -0.4 is 16.4 Å². The minimum absolute atomic E-state index is 0.000110. The number of hydrogen-bond donors (Lipinski definition) is 3. The van der Waals surface area contributed by atoms with E-state index in [4.69, 9.17) is 5.73 Å². The largest absolute Gasteiger partial charge is 0.369 e. The summed E-state index contributed by atoms with van der Waals surface area (Å²) in [6.07, 6.45) is 5.58. The molecule has 0 aromatic heterocycles. The molecule has 1 saturated heterocycles. The monoisotopic (exact) mass is 267 g/mol. The minimum atomic E-state index is -0.202. The van der Waals surface area contributed by atoms with Gasteiger partial charge in [0, 0.05) is 12.0 Å². The predicted molar refractivity (Wildman–Crippen MR) is 73.3 cm³/mol. The van der Waals surface area contributed by atoms with Crippen molar-refractivity contribution in [3.8, 4) is 0 Å². The van der Waals surface area contributed by atoms with E-state index in [1.54, 1.807) is 0 Å². The van der Waals surface area contributed by atoms with Crippen LogP contribution in [0.25, 0.3) is 0 Å². The van der Waals surface area contributed by atoms with E-state index in [1.165, 1.54) is 0 Å². The molecule has 2 unspecified atom stereocenters. The number of carbonyl (C=O) groups excluding carboxylic acids is 2. The fourth-order valence-corrected chi connectivity index (χ4v) is 3.21. The molecular formula is C14H25N3O2. The Bertz CT molecular complexity index is 338. The Morgan fingerprint density at radius 3 is 2.42 bits per heavy atom.